The Balaban J connectivity index is 1.51. The fourth-order valence-electron chi connectivity index (χ4n) is 5.82. The Bertz CT molecular complexity index is 552. The first-order valence-electron chi connectivity index (χ1n) is 13.2. The molecule has 0 aromatic rings. The maximum Gasteiger partial charge on any atom is 0.192 e. The number of fused-ring (bicyclic) bond motifs is 2. The average molecular weight is 455 g/mol. The van der Waals surface area contributed by atoms with E-state index in [1.807, 2.05) is 0 Å². The second kappa shape index (κ2) is 10.5. The van der Waals surface area contributed by atoms with E-state index in [9.17, 15) is 5.11 Å². The van der Waals surface area contributed by atoms with E-state index in [0.717, 1.165) is 25.7 Å². The van der Waals surface area contributed by atoms with Gasteiger partial charge in [-0.2, -0.15) is 0 Å². The predicted molar refractivity (Wildman–Crippen MR) is 130 cm³/mol. The molecule has 0 bridgehead atoms. The maximum atomic E-state index is 11.0. The van der Waals surface area contributed by atoms with Crippen molar-refractivity contribution in [2.24, 2.45) is 17.8 Å². The van der Waals surface area contributed by atoms with E-state index in [-0.39, 0.29) is 16.9 Å². The number of hydrogen-bond donors (Lipinski definition) is 1. The Morgan fingerprint density at radius 2 is 1.68 bits per heavy atom. The molecule has 3 rings (SSSR count). The molecule has 1 aliphatic heterocycles. The van der Waals surface area contributed by atoms with E-state index in [2.05, 4.69) is 40.8 Å². The van der Waals surface area contributed by atoms with Crippen molar-refractivity contribution in [3.05, 3.63) is 0 Å². The predicted octanol–water partition coefficient (Wildman–Crippen LogP) is 6.67. The molecule has 5 heteroatoms. The minimum Gasteiger partial charge on any atom is -0.414 e. The largest absolute Gasteiger partial charge is 0.414 e. The van der Waals surface area contributed by atoms with Crippen LogP contribution in [0.2, 0.25) is 18.1 Å². The molecule has 5 unspecified atom stereocenters. The van der Waals surface area contributed by atoms with Crippen LogP contribution in [0.1, 0.15) is 98.3 Å². The molecular formula is C26H50O4Si. The summed E-state index contributed by atoms with van der Waals surface area (Å²) in [6.45, 7) is 15.5. The van der Waals surface area contributed by atoms with Gasteiger partial charge in [0.25, 0.3) is 0 Å². The second-order valence-electron chi connectivity index (χ2n) is 12.1. The van der Waals surface area contributed by atoms with E-state index in [4.69, 9.17) is 13.9 Å². The fourth-order valence-corrected chi connectivity index (χ4v) is 7.24. The first kappa shape index (κ1) is 25.7. The van der Waals surface area contributed by atoms with E-state index >= 15 is 0 Å². The molecule has 2 aliphatic carbocycles. The van der Waals surface area contributed by atoms with E-state index < -0.39 is 8.32 Å². The number of aliphatic hydroxyl groups is 1. The minimum atomic E-state index is -1.79. The zero-order valence-corrected chi connectivity index (χ0v) is 22.3. The molecule has 3 fully saturated rings. The maximum absolute atomic E-state index is 11.0. The topological polar surface area (TPSA) is 47.9 Å². The van der Waals surface area contributed by atoms with Crippen molar-refractivity contribution in [2.75, 3.05) is 13.2 Å². The fraction of sp³-hybridized carbons (Fsp3) is 1.00. The van der Waals surface area contributed by atoms with Crippen LogP contribution in [0, 0.1) is 17.8 Å². The van der Waals surface area contributed by atoms with Crippen molar-refractivity contribution < 1.29 is 19.0 Å². The lowest BCUT2D eigenvalue weighted by Crippen LogP contribution is -2.54. The summed E-state index contributed by atoms with van der Waals surface area (Å²) in [5.41, 5.74) is 0. The molecule has 2 saturated carbocycles. The molecule has 31 heavy (non-hydrogen) atoms. The third-order valence-corrected chi connectivity index (χ3v) is 13.4. The highest BCUT2D eigenvalue weighted by Gasteiger charge is 2.64. The van der Waals surface area contributed by atoms with Crippen LogP contribution in [-0.4, -0.2) is 44.6 Å². The lowest BCUT2D eigenvalue weighted by atomic mass is 9.69. The minimum absolute atomic E-state index is 0.189. The van der Waals surface area contributed by atoms with Crippen LogP contribution in [0.15, 0.2) is 0 Å². The Morgan fingerprint density at radius 1 is 1.03 bits per heavy atom. The third-order valence-electron chi connectivity index (χ3n) is 8.86. The zero-order chi connectivity index (χ0) is 22.7. The van der Waals surface area contributed by atoms with E-state index in [0.29, 0.717) is 37.1 Å². The molecule has 0 aromatic carbocycles. The third kappa shape index (κ3) is 5.95. The molecule has 1 saturated heterocycles. The highest BCUT2D eigenvalue weighted by Crippen LogP contribution is 2.59. The van der Waals surface area contributed by atoms with Gasteiger partial charge in [0.1, 0.15) is 0 Å². The van der Waals surface area contributed by atoms with Gasteiger partial charge in [-0.05, 0) is 55.7 Å². The van der Waals surface area contributed by atoms with Gasteiger partial charge in [0.2, 0.25) is 0 Å². The van der Waals surface area contributed by atoms with Gasteiger partial charge >= 0.3 is 0 Å². The summed E-state index contributed by atoms with van der Waals surface area (Å²) in [5.74, 6) is 0.794. The summed E-state index contributed by atoms with van der Waals surface area (Å²) in [4.78, 5) is 0. The summed E-state index contributed by atoms with van der Waals surface area (Å²) < 4.78 is 18.8. The van der Waals surface area contributed by atoms with Gasteiger partial charge in [0.15, 0.2) is 14.1 Å². The highest BCUT2D eigenvalue weighted by molar-refractivity contribution is 6.74. The molecule has 1 heterocycles. The molecule has 0 aromatic heterocycles. The summed E-state index contributed by atoms with van der Waals surface area (Å²) in [5, 5.41) is 11.2. The molecule has 0 amide bonds. The molecule has 5 atom stereocenters. The van der Waals surface area contributed by atoms with E-state index in [1.165, 1.54) is 44.9 Å². The van der Waals surface area contributed by atoms with Crippen LogP contribution in [0.3, 0.4) is 0 Å². The Kier molecular flexibility index (Phi) is 8.73. The second-order valence-corrected chi connectivity index (χ2v) is 16.9. The van der Waals surface area contributed by atoms with Crippen LogP contribution < -0.4 is 0 Å². The standard InChI is InChI=1S/C26H50O4Si/c1-7-8-9-10-11-12-13-21(30-31(5,6)25(2,3)4)15-14-20-18-23-22(24(20)27)19-26(23)28-16-17-29-26/h20-24,27H,7-19H2,1-6H3. The summed E-state index contributed by atoms with van der Waals surface area (Å²) in [7, 11) is -1.79. The van der Waals surface area contributed by atoms with Crippen LogP contribution in [-0.2, 0) is 13.9 Å². The lowest BCUT2D eigenvalue weighted by Gasteiger charge is -2.48. The van der Waals surface area contributed by atoms with Gasteiger partial charge < -0.3 is 19.0 Å². The number of ether oxygens (including phenoxy) is 2. The highest BCUT2D eigenvalue weighted by atomic mass is 28.4. The summed E-state index contributed by atoms with van der Waals surface area (Å²) in [6.07, 6.45) is 13.4. The molecular weight excluding hydrogens is 404 g/mol. The van der Waals surface area contributed by atoms with Crippen molar-refractivity contribution in [1.29, 1.82) is 0 Å². The van der Waals surface area contributed by atoms with Gasteiger partial charge in [-0.15, -0.1) is 0 Å². The summed E-state index contributed by atoms with van der Waals surface area (Å²) >= 11 is 0. The molecule has 3 aliphatic rings. The Morgan fingerprint density at radius 3 is 2.32 bits per heavy atom. The number of aliphatic hydroxyl groups excluding tert-OH is 1. The molecule has 182 valence electrons. The van der Waals surface area contributed by atoms with Crippen LogP contribution in [0.25, 0.3) is 0 Å². The SMILES string of the molecule is CCCCCCCCC(CCC1CC2C(CC23OCCO3)C1O)O[Si](C)(C)C(C)(C)C. The summed E-state index contributed by atoms with van der Waals surface area (Å²) in [6, 6.07) is 0. The Hall–Kier alpha value is 0.0569. The normalized spacial score (nSPS) is 31.1. The van der Waals surface area contributed by atoms with Crippen molar-refractivity contribution in [2.45, 2.75) is 134 Å². The van der Waals surface area contributed by atoms with Gasteiger partial charge in [0, 0.05) is 18.4 Å². The van der Waals surface area contributed by atoms with Crippen molar-refractivity contribution in [3.63, 3.8) is 0 Å². The van der Waals surface area contributed by atoms with Crippen molar-refractivity contribution in [3.8, 4) is 0 Å². The van der Waals surface area contributed by atoms with Gasteiger partial charge in [0.05, 0.1) is 19.3 Å². The number of rotatable bonds is 12. The van der Waals surface area contributed by atoms with Crippen molar-refractivity contribution in [1.82, 2.24) is 0 Å². The number of hydrogen-bond acceptors (Lipinski definition) is 4. The van der Waals surface area contributed by atoms with Crippen LogP contribution in [0.5, 0.6) is 0 Å². The van der Waals surface area contributed by atoms with Crippen LogP contribution in [0.4, 0.5) is 0 Å². The zero-order valence-electron chi connectivity index (χ0n) is 21.3. The average Bonchev–Trinajstić information content (AvgIpc) is 3.27. The van der Waals surface area contributed by atoms with E-state index in [1.54, 1.807) is 0 Å². The Labute approximate surface area is 192 Å². The smallest absolute Gasteiger partial charge is 0.192 e. The van der Waals surface area contributed by atoms with Gasteiger partial charge in [-0.25, -0.2) is 0 Å². The van der Waals surface area contributed by atoms with Crippen molar-refractivity contribution >= 4 is 8.32 Å². The van der Waals surface area contributed by atoms with Gasteiger partial charge in [-0.1, -0.05) is 66.2 Å². The lowest BCUT2D eigenvalue weighted by molar-refractivity contribution is -0.275. The van der Waals surface area contributed by atoms with Crippen LogP contribution >= 0.6 is 0 Å². The first-order chi connectivity index (χ1) is 14.6. The molecule has 1 N–H and O–H groups in total. The van der Waals surface area contributed by atoms with Gasteiger partial charge in [-0.3, -0.25) is 0 Å². The number of unbranched alkanes of at least 4 members (excludes halogenated alkanes) is 5. The molecule has 0 radical (unpaired) electrons. The molecule has 4 nitrogen and oxygen atoms in total. The monoisotopic (exact) mass is 454 g/mol. The first-order valence-corrected chi connectivity index (χ1v) is 16.1. The quantitative estimate of drug-likeness (QED) is 0.264. The molecule has 1 spiro atoms.